The van der Waals surface area contributed by atoms with Crippen LogP contribution in [0.3, 0.4) is 0 Å². The van der Waals surface area contributed by atoms with E-state index in [0.717, 1.165) is 5.56 Å². The summed E-state index contributed by atoms with van der Waals surface area (Å²) in [6.07, 6.45) is 3.06. The Morgan fingerprint density at radius 2 is 2.20 bits per heavy atom. The third kappa shape index (κ3) is 3.05. The maximum Gasteiger partial charge on any atom is 0.326 e. The van der Waals surface area contributed by atoms with E-state index in [9.17, 15) is 9.59 Å². The number of hydrogen-bond donors (Lipinski definition) is 2. The van der Waals surface area contributed by atoms with Gasteiger partial charge in [-0.1, -0.05) is 13.8 Å². The van der Waals surface area contributed by atoms with Crippen LogP contribution in [0.4, 0.5) is 0 Å². The fraction of sp³-hybridized carbons (Fsp3) is 0.308. The number of amides is 1. The summed E-state index contributed by atoms with van der Waals surface area (Å²) in [4.78, 5) is 27.2. The molecule has 2 aromatic rings. The average molecular weight is 294 g/mol. The lowest BCUT2D eigenvalue weighted by Gasteiger charge is -2.16. The Morgan fingerprint density at radius 3 is 2.75 bits per heavy atom. The van der Waals surface area contributed by atoms with E-state index >= 15 is 0 Å². The third-order valence-corrected chi connectivity index (χ3v) is 3.62. The first-order valence-electron chi connectivity index (χ1n) is 6.01. The van der Waals surface area contributed by atoms with Gasteiger partial charge in [0.15, 0.2) is 0 Å². The smallest absolute Gasteiger partial charge is 0.326 e. The number of thiazole rings is 1. The molecule has 2 aromatic heterocycles. The topological polar surface area (TPSA) is 92.4 Å². The Bertz CT molecular complexity index is 604. The molecule has 6 nitrogen and oxygen atoms in total. The second kappa shape index (κ2) is 5.87. The number of aliphatic carboxylic acids is 1. The van der Waals surface area contributed by atoms with Crippen LogP contribution in [-0.2, 0) is 4.79 Å². The molecule has 0 saturated heterocycles. The SMILES string of the molecule is CC(C)[C@H](NC(=O)c1csc(-c2ccoc2)n1)C(=O)O. The first-order valence-corrected chi connectivity index (χ1v) is 6.88. The average Bonchev–Trinajstić information content (AvgIpc) is 3.04. The van der Waals surface area contributed by atoms with Crippen LogP contribution in [0.25, 0.3) is 10.6 Å². The van der Waals surface area contributed by atoms with Crippen molar-refractivity contribution in [3.8, 4) is 10.6 Å². The number of carbonyl (C=O) groups excluding carboxylic acids is 1. The molecule has 1 amide bonds. The maximum atomic E-state index is 12.0. The van der Waals surface area contributed by atoms with Crippen LogP contribution in [0.15, 0.2) is 28.4 Å². The Morgan fingerprint density at radius 1 is 1.45 bits per heavy atom. The molecule has 0 fully saturated rings. The summed E-state index contributed by atoms with van der Waals surface area (Å²) in [5.74, 6) is -1.75. The van der Waals surface area contributed by atoms with Crippen molar-refractivity contribution in [1.29, 1.82) is 0 Å². The minimum atomic E-state index is -1.06. The third-order valence-electron chi connectivity index (χ3n) is 2.72. The van der Waals surface area contributed by atoms with Gasteiger partial charge in [0.2, 0.25) is 0 Å². The molecule has 0 aliphatic rings. The van der Waals surface area contributed by atoms with Gasteiger partial charge in [0.25, 0.3) is 5.91 Å². The molecule has 0 aromatic carbocycles. The molecule has 2 N–H and O–H groups in total. The quantitative estimate of drug-likeness (QED) is 0.882. The van der Waals surface area contributed by atoms with Crippen LogP contribution in [0.5, 0.6) is 0 Å². The fourth-order valence-electron chi connectivity index (χ4n) is 1.63. The highest BCUT2D eigenvalue weighted by molar-refractivity contribution is 7.13. The number of carboxylic acid groups (broad SMARTS) is 1. The van der Waals surface area contributed by atoms with Gasteiger partial charge in [-0.15, -0.1) is 11.3 Å². The molecule has 20 heavy (non-hydrogen) atoms. The first-order chi connectivity index (χ1) is 9.49. The zero-order chi connectivity index (χ0) is 14.7. The van der Waals surface area contributed by atoms with Gasteiger partial charge < -0.3 is 14.8 Å². The van der Waals surface area contributed by atoms with E-state index in [2.05, 4.69) is 10.3 Å². The summed E-state index contributed by atoms with van der Waals surface area (Å²) < 4.78 is 4.95. The van der Waals surface area contributed by atoms with Crippen molar-refractivity contribution in [3.63, 3.8) is 0 Å². The minimum Gasteiger partial charge on any atom is -0.480 e. The van der Waals surface area contributed by atoms with Crippen LogP contribution in [0, 0.1) is 5.92 Å². The minimum absolute atomic E-state index is 0.205. The van der Waals surface area contributed by atoms with E-state index in [1.165, 1.54) is 23.9 Å². The van der Waals surface area contributed by atoms with E-state index in [1.54, 1.807) is 25.3 Å². The van der Waals surface area contributed by atoms with Crippen molar-refractivity contribution in [2.45, 2.75) is 19.9 Å². The van der Waals surface area contributed by atoms with Crippen LogP contribution in [-0.4, -0.2) is 28.0 Å². The summed E-state index contributed by atoms with van der Waals surface area (Å²) in [6, 6.07) is 0.816. The van der Waals surface area contributed by atoms with E-state index in [-0.39, 0.29) is 11.6 Å². The molecule has 2 heterocycles. The van der Waals surface area contributed by atoms with Gasteiger partial charge in [0, 0.05) is 10.9 Å². The molecule has 0 spiro atoms. The molecular formula is C13H14N2O4S. The highest BCUT2D eigenvalue weighted by Crippen LogP contribution is 2.23. The molecule has 0 aliphatic heterocycles. The maximum absolute atomic E-state index is 12.0. The Balaban J connectivity index is 2.12. The van der Waals surface area contributed by atoms with Crippen molar-refractivity contribution in [1.82, 2.24) is 10.3 Å². The molecule has 1 atom stereocenters. The van der Waals surface area contributed by atoms with Gasteiger partial charge in [0.05, 0.1) is 6.26 Å². The molecule has 2 rings (SSSR count). The summed E-state index contributed by atoms with van der Waals surface area (Å²) in [6.45, 7) is 3.47. The van der Waals surface area contributed by atoms with E-state index in [1.807, 2.05) is 0 Å². The van der Waals surface area contributed by atoms with Crippen LogP contribution >= 0.6 is 11.3 Å². The number of nitrogens with one attached hydrogen (secondary N) is 1. The number of furan rings is 1. The number of rotatable bonds is 5. The van der Waals surface area contributed by atoms with Gasteiger partial charge in [-0.3, -0.25) is 4.79 Å². The second-order valence-corrected chi connectivity index (χ2v) is 5.44. The fourth-order valence-corrected chi connectivity index (χ4v) is 2.41. The van der Waals surface area contributed by atoms with E-state index in [0.29, 0.717) is 5.01 Å². The molecule has 106 valence electrons. The van der Waals surface area contributed by atoms with Crippen molar-refractivity contribution in [2.24, 2.45) is 5.92 Å². The largest absolute Gasteiger partial charge is 0.480 e. The predicted octanol–water partition coefficient (Wildman–Crippen LogP) is 2.24. The van der Waals surface area contributed by atoms with Crippen molar-refractivity contribution < 1.29 is 19.1 Å². The lowest BCUT2D eigenvalue weighted by Crippen LogP contribution is -2.44. The number of nitrogens with zero attached hydrogens (tertiary/aromatic N) is 1. The standard InChI is InChI=1S/C13H14N2O4S/c1-7(2)10(13(17)18)15-11(16)9-6-20-12(14-9)8-3-4-19-5-8/h3-7,10H,1-2H3,(H,15,16)(H,17,18)/t10-/m0/s1. The molecule has 0 radical (unpaired) electrons. The van der Waals surface area contributed by atoms with Crippen molar-refractivity contribution >= 4 is 23.2 Å². The molecular weight excluding hydrogens is 280 g/mol. The molecule has 0 bridgehead atoms. The molecule has 0 saturated carbocycles. The summed E-state index contributed by atoms with van der Waals surface area (Å²) in [5.41, 5.74) is 0.991. The summed E-state index contributed by atoms with van der Waals surface area (Å²) >= 11 is 1.30. The molecule has 0 unspecified atom stereocenters. The van der Waals surface area contributed by atoms with Gasteiger partial charge in [0.1, 0.15) is 23.0 Å². The Labute approximate surface area is 119 Å². The predicted molar refractivity (Wildman–Crippen MR) is 73.5 cm³/mol. The van der Waals surface area contributed by atoms with Crippen LogP contribution in [0.1, 0.15) is 24.3 Å². The lowest BCUT2D eigenvalue weighted by atomic mass is 10.0. The Hall–Kier alpha value is -2.15. The van der Waals surface area contributed by atoms with E-state index in [4.69, 9.17) is 9.52 Å². The lowest BCUT2D eigenvalue weighted by molar-refractivity contribution is -0.140. The van der Waals surface area contributed by atoms with Crippen LogP contribution < -0.4 is 5.32 Å². The van der Waals surface area contributed by atoms with Gasteiger partial charge in [-0.05, 0) is 12.0 Å². The highest BCUT2D eigenvalue weighted by Gasteiger charge is 2.25. The van der Waals surface area contributed by atoms with Gasteiger partial charge in [-0.25, -0.2) is 9.78 Å². The summed E-state index contributed by atoms with van der Waals surface area (Å²) in [5, 5.41) is 13.8. The van der Waals surface area contributed by atoms with Crippen LogP contribution in [0.2, 0.25) is 0 Å². The normalized spacial score (nSPS) is 12.3. The van der Waals surface area contributed by atoms with Gasteiger partial charge >= 0.3 is 5.97 Å². The number of carbonyl (C=O) groups is 2. The zero-order valence-corrected chi connectivity index (χ0v) is 11.8. The van der Waals surface area contributed by atoms with Crippen molar-refractivity contribution in [3.05, 3.63) is 29.7 Å². The number of aromatic nitrogens is 1. The second-order valence-electron chi connectivity index (χ2n) is 4.58. The zero-order valence-electron chi connectivity index (χ0n) is 11.0. The van der Waals surface area contributed by atoms with Gasteiger partial charge in [-0.2, -0.15) is 0 Å². The monoisotopic (exact) mass is 294 g/mol. The number of hydrogen-bond acceptors (Lipinski definition) is 5. The first kappa shape index (κ1) is 14.3. The highest BCUT2D eigenvalue weighted by atomic mass is 32.1. The van der Waals surface area contributed by atoms with E-state index < -0.39 is 17.9 Å². The molecule has 7 heteroatoms. The van der Waals surface area contributed by atoms with Crippen molar-refractivity contribution in [2.75, 3.05) is 0 Å². The number of carboxylic acids is 1. The summed E-state index contributed by atoms with van der Waals surface area (Å²) in [7, 11) is 0. The Kier molecular flexibility index (Phi) is 4.19. The molecule has 0 aliphatic carbocycles.